The van der Waals surface area contributed by atoms with E-state index in [9.17, 15) is 14.7 Å². The number of rotatable bonds is 9. The quantitative estimate of drug-likeness (QED) is 0.607. The van der Waals surface area contributed by atoms with E-state index in [1.807, 2.05) is 44.2 Å². The zero-order valence-electron chi connectivity index (χ0n) is 17.6. The molecule has 1 aliphatic rings. The van der Waals surface area contributed by atoms with Gasteiger partial charge in [0, 0.05) is 19.4 Å². The van der Waals surface area contributed by atoms with Crippen LogP contribution in [-0.2, 0) is 25.5 Å². The lowest BCUT2D eigenvalue weighted by atomic mass is 10.0. The molecule has 0 aliphatic carbocycles. The first-order chi connectivity index (χ1) is 13.8. The Bertz CT molecular complexity index is 646. The first-order valence-electron chi connectivity index (χ1n) is 10.4. The summed E-state index contributed by atoms with van der Waals surface area (Å²) < 4.78 is 10.9. The lowest BCUT2D eigenvalue weighted by molar-refractivity contribution is -0.193. The summed E-state index contributed by atoms with van der Waals surface area (Å²) in [7, 11) is 0. The average molecular weight is 407 g/mol. The summed E-state index contributed by atoms with van der Waals surface area (Å²) in [4.78, 5) is 27.0. The van der Waals surface area contributed by atoms with E-state index in [4.69, 9.17) is 15.2 Å². The summed E-state index contributed by atoms with van der Waals surface area (Å²) in [5.74, 6) is -1.02. The van der Waals surface area contributed by atoms with Gasteiger partial charge >= 0.3 is 5.97 Å². The zero-order chi connectivity index (χ0) is 21.4. The number of ether oxygens (including phenoxy) is 2. The highest BCUT2D eigenvalue weighted by Crippen LogP contribution is 2.17. The molecule has 162 valence electrons. The molecule has 2 rings (SSSR count). The summed E-state index contributed by atoms with van der Waals surface area (Å²) >= 11 is 0. The monoisotopic (exact) mass is 406 g/mol. The Labute approximate surface area is 173 Å². The molecule has 7 nitrogen and oxygen atoms in total. The van der Waals surface area contributed by atoms with Crippen molar-refractivity contribution < 1.29 is 24.2 Å². The van der Waals surface area contributed by atoms with Gasteiger partial charge in [0.25, 0.3) is 0 Å². The molecular weight excluding hydrogens is 372 g/mol. The van der Waals surface area contributed by atoms with Crippen molar-refractivity contribution in [3.63, 3.8) is 0 Å². The molecule has 1 aromatic rings. The standard InChI is InChI=1S/C22H34N2O5/c1-15(2)20(23)21(26)24(14-18(25)13-17-9-5-4-6-10-17)16(3)22(27)29-19-11-7-8-12-28-19/h4-6,9-10,15-16,18-20,25H,7-8,11-14,23H2,1-3H3/t16-,18?,19?,20-/m0/s1. The van der Waals surface area contributed by atoms with E-state index in [0.29, 0.717) is 19.4 Å². The smallest absolute Gasteiger partial charge is 0.330 e. The number of amides is 1. The summed E-state index contributed by atoms with van der Waals surface area (Å²) in [6.45, 7) is 5.85. The Morgan fingerprint density at radius 1 is 1.24 bits per heavy atom. The molecule has 0 aromatic heterocycles. The Morgan fingerprint density at radius 3 is 2.52 bits per heavy atom. The molecule has 0 saturated carbocycles. The van der Waals surface area contributed by atoms with Gasteiger partial charge in [0.1, 0.15) is 6.04 Å². The normalized spacial score (nSPS) is 20.0. The van der Waals surface area contributed by atoms with Crippen LogP contribution in [-0.4, -0.2) is 59.5 Å². The molecule has 1 saturated heterocycles. The second kappa shape index (κ2) is 11.3. The second-order valence-electron chi connectivity index (χ2n) is 8.01. The lowest BCUT2D eigenvalue weighted by Gasteiger charge is -2.34. The molecule has 1 amide bonds. The molecule has 3 N–H and O–H groups in total. The number of hydrogen-bond acceptors (Lipinski definition) is 6. The highest BCUT2D eigenvalue weighted by Gasteiger charge is 2.34. The van der Waals surface area contributed by atoms with Crippen LogP contribution in [0.2, 0.25) is 0 Å². The second-order valence-corrected chi connectivity index (χ2v) is 8.01. The molecule has 1 aromatic carbocycles. The number of aliphatic hydroxyl groups excluding tert-OH is 1. The maximum absolute atomic E-state index is 13.0. The minimum Gasteiger partial charge on any atom is -0.434 e. The van der Waals surface area contributed by atoms with E-state index in [-0.39, 0.29) is 18.4 Å². The summed E-state index contributed by atoms with van der Waals surface area (Å²) in [6.07, 6.45) is 1.49. The fraction of sp³-hybridized carbons (Fsp3) is 0.636. The Hall–Kier alpha value is -1.96. The van der Waals surface area contributed by atoms with Crippen LogP contribution in [0.25, 0.3) is 0 Å². The van der Waals surface area contributed by atoms with Crippen molar-refractivity contribution in [2.45, 2.75) is 70.9 Å². The third kappa shape index (κ3) is 7.10. The fourth-order valence-corrected chi connectivity index (χ4v) is 3.25. The van der Waals surface area contributed by atoms with Crippen LogP contribution in [0.3, 0.4) is 0 Å². The van der Waals surface area contributed by atoms with E-state index in [0.717, 1.165) is 18.4 Å². The number of carbonyl (C=O) groups excluding carboxylic acids is 2. The Balaban J connectivity index is 2.08. The van der Waals surface area contributed by atoms with E-state index in [1.165, 1.54) is 4.90 Å². The van der Waals surface area contributed by atoms with Crippen molar-refractivity contribution in [2.24, 2.45) is 11.7 Å². The predicted molar refractivity (Wildman–Crippen MR) is 110 cm³/mol. The van der Waals surface area contributed by atoms with Gasteiger partial charge in [-0.1, -0.05) is 44.2 Å². The molecule has 29 heavy (non-hydrogen) atoms. The molecule has 7 heteroatoms. The van der Waals surface area contributed by atoms with Gasteiger partial charge in [-0.2, -0.15) is 0 Å². The minimum atomic E-state index is -0.872. The van der Waals surface area contributed by atoms with Gasteiger partial charge in [0.2, 0.25) is 12.2 Å². The summed E-state index contributed by atoms with van der Waals surface area (Å²) in [5.41, 5.74) is 7.01. The van der Waals surface area contributed by atoms with Crippen LogP contribution in [0.5, 0.6) is 0 Å². The van der Waals surface area contributed by atoms with Crippen molar-refractivity contribution in [2.75, 3.05) is 13.2 Å². The lowest BCUT2D eigenvalue weighted by Crippen LogP contribution is -2.55. The molecule has 0 bridgehead atoms. The van der Waals surface area contributed by atoms with Crippen LogP contribution in [0, 0.1) is 5.92 Å². The van der Waals surface area contributed by atoms with Crippen molar-refractivity contribution in [1.82, 2.24) is 4.90 Å². The largest absolute Gasteiger partial charge is 0.434 e. The van der Waals surface area contributed by atoms with Gasteiger partial charge in [-0.15, -0.1) is 0 Å². The molecular formula is C22H34N2O5. The number of carbonyl (C=O) groups is 2. The molecule has 2 unspecified atom stereocenters. The van der Waals surface area contributed by atoms with Crippen LogP contribution in [0.1, 0.15) is 45.6 Å². The molecule has 1 fully saturated rings. The fourth-order valence-electron chi connectivity index (χ4n) is 3.25. The van der Waals surface area contributed by atoms with Crippen LogP contribution in [0.15, 0.2) is 30.3 Å². The highest BCUT2D eigenvalue weighted by molar-refractivity contribution is 5.87. The average Bonchev–Trinajstić information content (AvgIpc) is 2.71. The molecule has 0 spiro atoms. The molecule has 1 aliphatic heterocycles. The third-order valence-electron chi connectivity index (χ3n) is 5.20. The van der Waals surface area contributed by atoms with Crippen molar-refractivity contribution in [3.8, 4) is 0 Å². The van der Waals surface area contributed by atoms with Gasteiger partial charge < -0.3 is 25.2 Å². The Kier molecular flexibility index (Phi) is 9.07. The first-order valence-corrected chi connectivity index (χ1v) is 10.4. The van der Waals surface area contributed by atoms with Crippen molar-refractivity contribution in [3.05, 3.63) is 35.9 Å². The summed E-state index contributed by atoms with van der Waals surface area (Å²) in [5, 5.41) is 10.6. The number of nitrogens with two attached hydrogens (primary N) is 1. The number of esters is 1. The van der Waals surface area contributed by atoms with E-state index >= 15 is 0 Å². The number of aliphatic hydroxyl groups is 1. The molecule has 1 heterocycles. The Morgan fingerprint density at radius 2 is 1.93 bits per heavy atom. The van der Waals surface area contributed by atoms with Crippen molar-refractivity contribution >= 4 is 11.9 Å². The topological polar surface area (TPSA) is 102 Å². The van der Waals surface area contributed by atoms with Crippen LogP contribution >= 0.6 is 0 Å². The van der Waals surface area contributed by atoms with Gasteiger partial charge in [0.15, 0.2) is 0 Å². The van der Waals surface area contributed by atoms with Crippen LogP contribution in [0.4, 0.5) is 0 Å². The number of hydrogen-bond donors (Lipinski definition) is 2. The maximum atomic E-state index is 13.0. The van der Waals surface area contributed by atoms with Crippen LogP contribution < -0.4 is 5.73 Å². The SMILES string of the molecule is CC(C)[C@H](N)C(=O)N(CC(O)Cc1ccccc1)[C@@H](C)C(=O)OC1CCCCO1. The number of nitrogens with zero attached hydrogens (tertiary/aromatic N) is 1. The molecule has 4 atom stereocenters. The van der Waals surface area contributed by atoms with E-state index in [1.54, 1.807) is 6.92 Å². The van der Waals surface area contributed by atoms with Gasteiger partial charge in [-0.05, 0) is 31.2 Å². The number of benzene rings is 1. The van der Waals surface area contributed by atoms with Gasteiger partial charge in [-0.25, -0.2) is 4.79 Å². The third-order valence-corrected chi connectivity index (χ3v) is 5.20. The van der Waals surface area contributed by atoms with Gasteiger partial charge in [0.05, 0.1) is 18.8 Å². The minimum absolute atomic E-state index is 0.00403. The van der Waals surface area contributed by atoms with Crippen molar-refractivity contribution in [1.29, 1.82) is 0 Å². The van der Waals surface area contributed by atoms with E-state index < -0.39 is 30.4 Å². The summed E-state index contributed by atoms with van der Waals surface area (Å²) in [6, 6.07) is 7.87. The van der Waals surface area contributed by atoms with E-state index in [2.05, 4.69) is 0 Å². The highest BCUT2D eigenvalue weighted by atomic mass is 16.7. The van der Waals surface area contributed by atoms with Gasteiger partial charge in [-0.3, -0.25) is 4.79 Å². The first kappa shape index (κ1) is 23.3. The zero-order valence-corrected chi connectivity index (χ0v) is 17.6. The molecule has 0 radical (unpaired) electrons. The maximum Gasteiger partial charge on any atom is 0.330 e. The predicted octanol–water partition coefficient (Wildman–Crippen LogP) is 1.86.